The van der Waals surface area contributed by atoms with Crippen LogP contribution in [0.15, 0.2) is 77.9 Å². The molecule has 1 amide bonds. The maximum Gasteiger partial charge on any atom is 0.343 e. The number of nitrogens with zero attached hydrogens (tertiary/aromatic N) is 1. The lowest BCUT2D eigenvalue weighted by atomic mass is 10.1. The first kappa shape index (κ1) is 21.6. The molecule has 3 rings (SSSR count). The van der Waals surface area contributed by atoms with Gasteiger partial charge in [-0.05, 0) is 73.2 Å². The van der Waals surface area contributed by atoms with Gasteiger partial charge in [0.1, 0.15) is 17.2 Å². The van der Waals surface area contributed by atoms with Gasteiger partial charge in [-0.25, -0.2) is 10.2 Å². The Morgan fingerprint density at radius 1 is 0.935 bits per heavy atom. The van der Waals surface area contributed by atoms with Gasteiger partial charge in [-0.1, -0.05) is 17.7 Å². The molecule has 0 aliphatic heterocycles. The van der Waals surface area contributed by atoms with Crippen LogP contribution >= 0.6 is 0 Å². The van der Waals surface area contributed by atoms with Crippen LogP contribution in [0.5, 0.6) is 17.2 Å². The van der Waals surface area contributed by atoms with Crippen molar-refractivity contribution in [3.63, 3.8) is 0 Å². The highest BCUT2D eigenvalue weighted by molar-refractivity contribution is 5.91. The zero-order valence-electron chi connectivity index (χ0n) is 17.2. The van der Waals surface area contributed by atoms with E-state index in [1.165, 1.54) is 6.21 Å². The molecule has 0 bridgehead atoms. The van der Waals surface area contributed by atoms with Crippen LogP contribution in [-0.2, 0) is 4.79 Å². The largest absolute Gasteiger partial charge is 0.497 e. The molecular weight excluding hydrogens is 396 g/mol. The quantitative estimate of drug-likeness (QED) is 0.261. The van der Waals surface area contributed by atoms with Gasteiger partial charge in [0.05, 0.1) is 18.9 Å². The third-order valence-corrected chi connectivity index (χ3v) is 4.18. The predicted molar refractivity (Wildman–Crippen MR) is 117 cm³/mol. The van der Waals surface area contributed by atoms with Crippen LogP contribution < -0.4 is 19.6 Å². The maximum absolute atomic E-state index is 12.2. The van der Waals surface area contributed by atoms with Crippen LogP contribution in [0.3, 0.4) is 0 Å². The zero-order chi connectivity index (χ0) is 22.1. The Morgan fingerprint density at radius 2 is 1.61 bits per heavy atom. The fraction of sp³-hybridized carbons (Fsp3) is 0.125. The molecule has 1 N–H and O–H groups in total. The molecule has 0 heterocycles. The third-order valence-electron chi connectivity index (χ3n) is 4.18. The van der Waals surface area contributed by atoms with Crippen molar-refractivity contribution in [2.45, 2.75) is 6.92 Å². The fourth-order valence-corrected chi connectivity index (χ4v) is 2.59. The van der Waals surface area contributed by atoms with E-state index in [0.717, 1.165) is 11.1 Å². The van der Waals surface area contributed by atoms with E-state index in [2.05, 4.69) is 10.5 Å². The van der Waals surface area contributed by atoms with E-state index in [-0.39, 0.29) is 6.61 Å². The normalized spacial score (nSPS) is 10.5. The Morgan fingerprint density at radius 3 is 2.29 bits per heavy atom. The molecule has 0 aliphatic rings. The summed E-state index contributed by atoms with van der Waals surface area (Å²) in [5.41, 5.74) is 4.60. The SMILES string of the molecule is COc1ccc(OCC(=O)N/N=C/c2ccc(OC(=O)c3cccc(C)c3)cc2)cc1. The second kappa shape index (κ2) is 10.6. The van der Waals surface area contributed by atoms with Gasteiger partial charge in [0, 0.05) is 0 Å². The van der Waals surface area contributed by atoms with E-state index in [1.807, 2.05) is 19.1 Å². The summed E-state index contributed by atoms with van der Waals surface area (Å²) < 4.78 is 15.8. The average molecular weight is 418 g/mol. The van der Waals surface area contributed by atoms with Crippen molar-refractivity contribution in [1.82, 2.24) is 5.43 Å². The number of hydrogen-bond donors (Lipinski definition) is 1. The molecule has 3 aromatic rings. The lowest BCUT2D eigenvalue weighted by Gasteiger charge is -2.06. The number of nitrogens with one attached hydrogen (secondary N) is 1. The minimum Gasteiger partial charge on any atom is -0.497 e. The number of ether oxygens (including phenoxy) is 3. The van der Waals surface area contributed by atoms with Gasteiger partial charge in [-0.2, -0.15) is 5.10 Å². The van der Waals surface area contributed by atoms with E-state index < -0.39 is 11.9 Å². The van der Waals surface area contributed by atoms with Crippen molar-refractivity contribution in [3.8, 4) is 17.2 Å². The summed E-state index contributed by atoms with van der Waals surface area (Å²) in [6.07, 6.45) is 1.48. The number of hydrazone groups is 1. The minimum atomic E-state index is -0.422. The number of benzene rings is 3. The maximum atomic E-state index is 12.2. The first-order valence-electron chi connectivity index (χ1n) is 9.51. The number of rotatable bonds is 8. The van der Waals surface area contributed by atoms with Crippen molar-refractivity contribution in [3.05, 3.63) is 89.5 Å². The summed E-state index contributed by atoms with van der Waals surface area (Å²) in [7, 11) is 1.58. The van der Waals surface area contributed by atoms with Crippen molar-refractivity contribution in [2.24, 2.45) is 5.10 Å². The van der Waals surface area contributed by atoms with Gasteiger partial charge in [0.15, 0.2) is 6.61 Å². The van der Waals surface area contributed by atoms with Crippen molar-refractivity contribution in [1.29, 1.82) is 0 Å². The topological polar surface area (TPSA) is 86.2 Å². The van der Waals surface area contributed by atoms with Gasteiger partial charge in [-0.15, -0.1) is 0 Å². The molecule has 0 fully saturated rings. The van der Waals surface area contributed by atoms with Crippen molar-refractivity contribution < 1.29 is 23.8 Å². The monoisotopic (exact) mass is 418 g/mol. The van der Waals surface area contributed by atoms with Crippen molar-refractivity contribution >= 4 is 18.1 Å². The summed E-state index contributed by atoms with van der Waals surface area (Å²) in [4.78, 5) is 24.0. The van der Waals surface area contributed by atoms with Crippen LogP contribution in [0.1, 0.15) is 21.5 Å². The third kappa shape index (κ3) is 6.71. The van der Waals surface area contributed by atoms with Crippen LogP contribution in [0.2, 0.25) is 0 Å². The van der Waals surface area contributed by atoms with Gasteiger partial charge in [0.25, 0.3) is 5.91 Å². The smallest absolute Gasteiger partial charge is 0.343 e. The van der Waals surface area contributed by atoms with Gasteiger partial charge < -0.3 is 14.2 Å². The van der Waals surface area contributed by atoms with Crippen LogP contribution in [0.4, 0.5) is 0 Å². The number of hydrogen-bond acceptors (Lipinski definition) is 6. The average Bonchev–Trinajstić information content (AvgIpc) is 2.79. The molecule has 3 aromatic carbocycles. The lowest BCUT2D eigenvalue weighted by Crippen LogP contribution is -2.24. The van der Waals surface area contributed by atoms with Gasteiger partial charge >= 0.3 is 5.97 Å². The molecule has 0 radical (unpaired) electrons. The summed E-state index contributed by atoms with van der Waals surface area (Å²) >= 11 is 0. The molecule has 0 unspecified atom stereocenters. The Labute approximate surface area is 180 Å². The Bertz CT molecular complexity index is 1060. The Kier molecular flexibility index (Phi) is 7.37. The van der Waals surface area contributed by atoms with E-state index in [9.17, 15) is 9.59 Å². The van der Waals surface area contributed by atoms with Crippen LogP contribution in [0, 0.1) is 6.92 Å². The molecule has 158 valence electrons. The molecule has 31 heavy (non-hydrogen) atoms. The second-order valence-electron chi connectivity index (χ2n) is 6.59. The number of aryl methyl sites for hydroxylation is 1. The number of esters is 1. The standard InChI is InChI=1S/C24H22N2O5/c1-17-4-3-5-19(14-17)24(28)31-22-8-6-18(7-9-22)15-25-26-23(27)16-30-21-12-10-20(29-2)11-13-21/h3-15H,16H2,1-2H3,(H,26,27)/b25-15+. The first-order valence-corrected chi connectivity index (χ1v) is 9.51. The molecule has 0 saturated heterocycles. The molecule has 7 nitrogen and oxygen atoms in total. The minimum absolute atomic E-state index is 0.169. The molecular formula is C24H22N2O5. The number of carbonyl (C=O) groups is 2. The zero-order valence-corrected chi connectivity index (χ0v) is 17.2. The van der Waals surface area contributed by atoms with Gasteiger partial charge in [0.2, 0.25) is 0 Å². The lowest BCUT2D eigenvalue weighted by molar-refractivity contribution is -0.123. The highest BCUT2D eigenvalue weighted by Gasteiger charge is 2.08. The highest BCUT2D eigenvalue weighted by atomic mass is 16.5. The van der Waals surface area contributed by atoms with Crippen LogP contribution in [0.25, 0.3) is 0 Å². The van der Waals surface area contributed by atoms with E-state index in [1.54, 1.807) is 67.8 Å². The van der Waals surface area contributed by atoms with Crippen LogP contribution in [-0.4, -0.2) is 31.8 Å². The Hall–Kier alpha value is -4.13. The molecule has 0 aliphatic carbocycles. The second-order valence-corrected chi connectivity index (χ2v) is 6.59. The highest BCUT2D eigenvalue weighted by Crippen LogP contribution is 2.17. The Balaban J connectivity index is 1.45. The molecule has 0 aromatic heterocycles. The molecule has 0 saturated carbocycles. The molecule has 0 atom stereocenters. The van der Waals surface area contributed by atoms with E-state index in [0.29, 0.717) is 22.8 Å². The predicted octanol–water partition coefficient (Wildman–Crippen LogP) is 3.75. The summed E-state index contributed by atoms with van der Waals surface area (Å²) in [6.45, 7) is 1.74. The fourth-order valence-electron chi connectivity index (χ4n) is 2.59. The van der Waals surface area contributed by atoms with E-state index >= 15 is 0 Å². The van der Waals surface area contributed by atoms with Crippen molar-refractivity contribution in [2.75, 3.05) is 13.7 Å². The van der Waals surface area contributed by atoms with Gasteiger partial charge in [-0.3, -0.25) is 4.79 Å². The molecule has 7 heteroatoms. The summed E-state index contributed by atoms with van der Waals surface area (Å²) in [6, 6.07) is 20.9. The first-order chi connectivity index (χ1) is 15.0. The summed E-state index contributed by atoms with van der Waals surface area (Å²) in [5.74, 6) is 0.860. The summed E-state index contributed by atoms with van der Waals surface area (Å²) in [5, 5.41) is 3.90. The number of amides is 1. The molecule has 0 spiro atoms. The van der Waals surface area contributed by atoms with E-state index in [4.69, 9.17) is 14.2 Å². The number of methoxy groups -OCH3 is 1. The number of carbonyl (C=O) groups excluding carboxylic acids is 2.